The molecule has 0 amide bonds. The zero-order valence-corrected chi connectivity index (χ0v) is 16.8. The molecule has 28 heavy (non-hydrogen) atoms. The SMILES string of the molecule is S=C(N=C1CCCC1=Cc1ccccc1)N=C1CCCC1=Cc1ccccc1. The van der Waals surface area contributed by atoms with Crippen molar-refractivity contribution in [3.8, 4) is 0 Å². The van der Waals surface area contributed by atoms with Crippen LogP contribution in [-0.4, -0.2) is 16.5 Å². The van der Waals surface area contributed by atoms with Gasteiger partial charge in [0, 0.05) is 11.4 Å². The van der Waals surface area contributed by atoms with Gasteiger partial charge in [0.15, 0.2) is 0 Å². The first-order valence-corrected chi connectivity index (χ1v) is 10.4. The average Bonchev–Trinajstić information content (AvgIpc) is 3.33. The van der Waals surface area contributed by atoms with Crippen LogP contribution in [0.15, 0.2) is 81.8 Å². The molecule has 2 saturated carbocycles. The molecule has 2 aliphatic carbocycles. The first-order valence-electron chi connectivity index (χ1n) is 9.99. The fraction of sp³-hybridized carbons (Fsp3) is 0.240. The number of allylic oxidation sites excluding steroid dienone is 2. The Morgan fingerprint density at radius 1 is 0.643 bits per heavy atom. The minimum atomic E-state index is 0.465. The van der Waals surface area contributed by atoms with Crippen LogP contribution in [0.4, 0.5) is 0 Å². The molecule has 0 saturated heterocycles. The summed E-state index contributed by atoms with van der Waals surface area (Å²) in [6.07, 6.45) is 10.8. The second kappa shape index (κ2) is 9.03. The van der Waals surface area contributed by atoms with Crippen molar-refractivity contribution in [2.24, 2.45) is 9.98 Å². The van der Waals surface area contributed by atoms with Crippen LogP contribution in [-0.2, 0) is 0 Å². The Hall–Kier alpha value is -2.65. The van der Waals surface area contributed by atoms with Crippen LogP contribution in [0.3, 0.4) is 0 Å². The highest BCUT2D eigenvalue weighted by atomic mass is 32.1. The van der Waals surface area contributed by atoms with Crippen molar-refractivity contribution >= 4 is 40.9 Å². The van der Waals surface area contributed by atoms with E-state index in [0.29, 0.717) is 5.11 Å². The van der Waals surface area contributed by atoms with Gasteiger partial charge in [-0.25, -0.2) is 9.98 Å². The second-order valence-electron chi connectivity index (χ2n) is 7.27. The molecule has 0 radical (unpaired) electrons. The maximum absolute atomic E-state index is 5.53. The van der Waals surface area contributed by atoms with E-state index in [1.807, 2.05) is 12.1 Å². The fourth-order valence-electron chi connectivity index (χ4n) is 3.83. The van der Waals surface area contributed by atoms with Crippen LogP contribution in [0.1, 0.15) is 49.7 Å². The smallest absolute Gasteiger partial charge is 0.219 e. The molecule has 0 aromatic heterocycles. The number of aliphatic imine (C=N–C) groups is 2. The van der Waals surface area contributed by atoms with Gasteiger partial charge in [-0.15, -0.1) is 0 Å². The molecule has 140 valence electrons. The van der Waals surface area contributed by atoms with Crippen molar-refractivity contribution in [2.75, 3.05) is 0 Å². The Morgan fingerprint density at radius 3 is 1.50 bits per heavy atom. The molecule has 2 fully saturated rings. The molecule has 0 bridgehead atoms. The first-order chi connectivity index (χ1) is 13.8. The standard InChI is InChI=1S/C25H24N2S/c28-25(26-23-15-7-13-21(23)17-19-9-3-1-4-10-19)27-24-16-8-14-22(24)18-20-11-5-2-6-12-20/h1-6,9-12,17-18H,7-8,13-16H2. The third-order valence-electron chi connectivity index (χ3n) is 5.20. The minimum Gasteiger partial charge on any atom is -0.223 e. The summed E-state index contributed by atoms with van der Waals surface area (Å²) in [7, 11) is 0. The van der Waals surface area contributed by atoms with Gasteiger partial charge in [0.25, 0.3) is 0 Å². The lowest BCUT2D eigenvalue weighted by Gasteiger charge is -2.03. The van der Waals surface area contributed by atoms with Crippen molar-refractivity contribution < 1.29 is 0 Å². The Bertz CT molecular complexity index is 887. The largest absolute Gasteiger partial charge is 0.223 e. The Labute approximate surface area is 172 Å². The maximum Gasteiger partial charge on any atom is 0.219 e. The summed E-state index contributed by atoms with van der Waals surface area (Å²) in [5, 5.41) is 0.465. The second-order valence-corrected chi connectivity index (χ2v) is 7.63. The number of hydrogen-bond acceptors (Lipinski definition) is 1. The van der Waals surface area contributed by atoms with Crippen LogP contribution < -0.4 is 0 Å². The molecule has 0 heterocycles. The molecular formula is C25H24N2S. The van der Waals surface area contributed by atoms with Crippen molar-refractivity contribution in [1.82, 2.24) is 0 Å². The number of rotatable bonds is 2. The Morgan fingerprint density at radius 2 is 1.07 bits per heavy atom. The van der Waals surface area contributed by atoms with Gasteiger partial charge in [-0.2, -0.15) is 0 Å². The monoisotopic (exact) mass is 384 g/mol. The van der Waals surface area contributed by atoms with Crippen LogP contribution in [0.2, 0.25) is 0 Å². The molecule has 2 nitrogen and oxygen atoms in total. The van der Waals surface area contributed by atoms with Crippen LogP contribution in [0, 0.1) is 0 Å². The number of benzene rings is 2. The molecule has 2 aromatic rings. The van der Waals surface area contributed by atoms with Gasteiger partial charge >= 0.3 is 0 Å². The summed E-state index contributed by atoms with van der Waals surface area (Å²) in [5.74, 6) is 0. The van der Waals surface area contributed by atoms with E-state index < -0.39 is 0 Å². The molecule has 0 spiro atoms. The van der Waals surface area contributed by atoms with E-state index in [9.17, 15) is 0 Å². The van der Waals surface area contributed by atoms with Gasteiger partial charge < -0.3 is 0 Å². The fourth-order valence-corrected chi connectivity index (χ4v) is 4.05. The lowest BCUT2D eigenvalue weighted by molar-refractivity contribution is 0.948. The lowest BCUT2D eigenvalue weighted by atomic mass is 10.1. The third-order valence-corrected chi connectivity index (χ3v) is 5.39. The maximum atomic E-state index is 5.53. The van der Waals surface area contributed by atoms with Crippen LogP contribution >= 0.6 is 12.2 Å². The summed E-state index contributed by atoms with van der Waals surface area (Å²) in [6, 6.07) is 20.8. The quantitative estimate of drug-likeness (QED) is 0.529. The topological polar surface area (TPSA) is 24.7 Å². The highest BCUT2D eigenvalue weighted by Crippen LogP contribution is 2.26. The predicted molar refractivity (Wildman–Crippen MR) is 124 cm³/mol. The highest BCUT2D eigenvalue weighted by molar-refractivity contribution is 7.80. The van der Waals surface area contributed by atoms with E-state index in [1.54, 1.807) is 0 Å². The first kappa shape index (κ1) is 18.7. The number of thiocarbonyl (C=S) groups is 1. The number of hydrogen-bond donors (Lipinski definition) is 0. The zero-order chi connectivity index (χ0) is 19.2. The van der Waals surface area contributed by atoms with Crippen molar-refractivity contribution in [3.63, 3.8) is 0 Å². The van der Waals surface area contributed by atoms with E-state index >= 15 is 0 Å². The summed E-state index contributed by atoms with van der Waals surface area (Å²) in [5.41, 5.74) is 7.22. The molecular weight excluding hydrogens is 360 g/mol. The average molecular weight is 385 g/mol. The Kier molecular flexibility index (Phi) is 6.03. The van der Waals surface area contributed by atoms with E-state index in [0.717, 1.165) is 49.9 Å². The third kappa shape index (κ3) is 4.79. The van der Waals surface area contributed by atoms with Crippen molar-refractivity contribution in [3.05, 3.63) is 82.9 Å². The van der Waals surface area contributed by atoms with Crippen LogP contribution in [0.25, 0.3) is 12.2 Å². The van der Waals surface area contributed by atoms with Gasteiger partial charge in [-0.3, -0.25) is 0 Å². The predicted octanol–water partition coefficient (Wildman–Crippen LogP) is 6.69. The van der Waals surface area contributed by atoms with Gasteiger partial charge in [-0.1, -0.05) is 60.7 Å². The lowest BCUT2D eigenvalue weighted by Crippen LogP contribution is -2.02. The molecule has 0 unspecified atom stereocenters. The summed E-state index contributed by atoms with van der Waals surface area (Å²) in [4.78, 5) is 9.45. The number of nitrogens with zero attached hydrogens (tertiary/aromatic N) is 2. The molecule has 4 rings (SSSR count). The summed E-state index contributed by atoms with van der Waals surface area (Å²) >= 11 is 5.53. The van der Waals surface area contributed by atoms with E-state index in [4.69, 9.17) is 22.2 Å². The normalized spacial score (nSPS) is 22.6. The molecule has 2 aromatic carbocycles. The van der Waals surface area contributed by atoms with E-state index in [-0.39, 0.29) is 0 Å². The highest BCUT2D eigenvalue weighted by Gasteiger charge is 2.18. The van der Waals surface area contributed by atoms with Gasteiger partial charge in [0.2, 0.25) is 5.11 Å². The molecule has 0 atom stereocenters. The molecule has 0 N–H and O–H groups in total. The summed E-state index contributed by atoms with van der Waals surface area (Å²) in [6.45, 7) is 0. The Balaban J connectivity index is 1.54. The zero-order valence-electron chi connectivity index (χ0n) is 16.0. The van der Waals surface area contributed by atoms with E-state index in [1.165, 1.54) is 22.3 Å². The molecule has 3 heteroatoms. The van der Waals surface area contributed by atoms with E-state index in [2.05, 4.69) is 60.7 Å². The van der Waals surface area contributed by atoms with Gasteiger partial charge in [-0.05, 0) is 85.2 Å². The molecule has 2 aliphatic rings. The minimum absolute atomic E-state index is 0.465. The van der Waals surface area contributed by atoms with Crippen molar-refractivity contribution in [1.29, 1.82) is 0 Å². The molecule has 0 aliphatic heterocycles. The van der Waals surface area contributed by atoms with Gasteiger partial charge in [0.05, 0.1) is 0 Å². The van der Waals surface area contributed by atoms with Gasteiger partial charge in [0.1, 0.15) is 0 Å². The van der Waals surface area contributed by atoms with Crippen molar-refractivity contribution in [2.45, 2.75) is 38.5 Å². The van der Waals surface area contributed by atoms with Crippen LogP contribution in [0.5, 0.6) is 0 Å². The summed E-state index contributed by atoms with van der Waals surface area (Å²) < 4.78 is 0.